The van der Waals surface area contributed by atoms with E-state index in [1.165, 1.54) is 141 Å². The number of hydrogen-bond donors (Lipinski definition) is 3. The van der Waals surface area contributed by atoms with Crippen molar-refractivity contribution in [1.29, 1.82) is 0 Å². The molecule has 3 N–H and O–H groups in total. The summed E-state index contributed by atoms with van der Waals surface area (Å²) in [5.74, 6) is -0.651. The fourth-order valence-corrected chi connectivity index (χ4v) is 11.5. The van der Waals surface area contributed by atoms with Crippen LogP contribution >= 0.6 is 15.6 Å². The SMILES string of the molecule is CCCCCCCCCCCCCC(=O)OC[C@H](COP(=O)(O)OC[C@@H](O)COP(=O)(O)OC[C@@H](COC(=O)CCCCCCCCCC)OC(=O)CCCCCCCCCC(C)C)OC(=O)CCCCCCCCCCCCCCCC(C)C. The van der Waals surface area contributed by atoms with Crippen LogP contribution in [0.4, 0.5) is 0 Å². The molecule has 17 nitrogen and oxygen atoms in total. The maximum atomic E-state index is 13.0. The summed E-state index contributed by atoms with van der Waals surface area (Å²) in [4.78, 5) is 72.2. The lowest BCUT2D eigenvalue weighted by atomic mass is 10.0. The molecule has 0 saturated heterocycles. The van der Waals surface area contributed by atoms with E-state index in [4.69, 9.17) is 37.0 Å². The third kappa shape index (κ3) is 60.7. The summed E-state index contributed by atoms with van der Waals surface area (Å²) >= 11 is 0. The maximum absolute atomic E-state index is 13.0. The van der Waals surface area contributed by atoms with E-state index >= 15 is 0 Å². The molecule has 85 heavy (non-hydrogen) atoms. The topological polar surface area (TPSA) is 237 Å². The molecular formula is C66H128O17P2. The summed E-state index contributed by atoms with van der Waals surface area (Å²) in [7, 11) is -9.89. The molecule has 0 radical (unpaired) electrons. The Hall–Kier alpha value is -1.94. The normalized spacial score (nSPS) is 14.2. The summed E-state index contributed by atoms with van der Waals surface area (Å²) in [6.07, 6.45) is 41.8. The third-order valence-corrected chi connectivity index (χ3v) is 17.1. The lowest BCUT2D eigenvalue weighted by Crippen LogP contribution is -2.30. The second kappa shape index (κ2) is 58.4. The van der Waals surface area contributed by atoms with Crippen molar-refractivity contribution < 1.29 is 80.2 Å². The quantitative estimate of drug-likeness (QED) is 0.0222. The van der Waals surface area contributed by atoms with Gasteiger partial charge in [0.2, 0.25) is 0 Å². The number of aliphatic hydroxyl groups is 1. The number of unbranched alkanes of at least 4 members (excludes halogenated alkanes) is 35. The number of ether oxygens (including phenoxy) is 4. The first-order chi connectivity index (χ1) is 40.9. The maximum Gasteiger partial charge on any atom is 0.472 e. The predicted octanol–water partition coefficient (Wildman–Crippen LogP) is 18.4. The van der Waals surface area contributed by atoms with Crippen LogP contribution in [-0.2, 0) is 65.4 Å². The van der Waals surface area contributed by atoms with Gasteiger partial charge in [-0.3, -0.25) is 37.3 Å². The Balaban J connectivity index is 5.21. The summed E-state index contributed by atoms with van der Waals surface area (Å²) < 4.78 is 68.0. The molecule has 19 heteroatoms. The molecule has 0 aromatic carbocycles. The highest BCUT2D eigenvalue weighted by molar-refractivity contribution is 7.47. The molecule has 0 saturated carbocycles. The molecule has 0 aliphatic heterocycles. The average molecular weight is 1260 g/mol. The van der Waals surface area contributed by atoms with E-state index in [-0.39, 0.29) is 25.7 Å². The van der Waals surface area contributed by atoms with Crippen LogP contribution in [0, 0.1) is 11.8 Å². The highest BCUT2D eigenvalue weighted by Gasteiger charge is 2.30. The fourth-order valence-electron chi connectivity index (χ4n) is 9.88. The van der Waals surface area contributed by atoms with Crippen molar-refractivity contribution >= 4 is 39.5 Å². The minimum atomic E-state index is -4.95. The molecule has 5 atom stereocenters. The molecule has 0 rings (SSSR count). The van der Waals surface area contributed by atoms with E-state index < -0.39 is 97.5 Å². The van der Waals surface area contributed by atoms with Gasteiger partial charge in [0.15, 0.2) is 12.2 Å². The van der Waals surface area contributed by atoms with Gasteiger partial charge in [0, 0.05) is 25.7 Å². The lowest BCUT2D eigenvalue weighted by molar-refractivity contribution is -0.161. The van der Waals surface area contributed by atoms with Crippen LogP contribution in [0.1, 0.15) is 330 Å². The Bertz CT molecular complexity index is 1670. The number of carbonyl (C=O) groups excluding carboxylic acids is 4. The number of carbonyl (C=O) groups is 4. The molecule has 0 aromatic heterocycles. The molecular weight excluding hydrogens is 1130 g/mol. The van der Waals surface area contributed by atoms with Gasteiger partial charge in [-0.15, -0.1) is 0 Å². The van der Waals surface area contributed by atoms with E-state index in [1.807, 2.05) is 0 Å². The largest absolute Gasteiger partial charge is 0.472 e. The zero-order valence-corrected chi connectivity index (χ0v) is 56.7. The van der Waals surface area contributed by atoms with Gasteiger partial charge in [-0.1, -0.05) is 279 Å². The van der Waals surface area contributed by atoms with E-state index in [0.29, 0.717) is 31.6 Å². The molecule has 0 amide bonds. The third-order valence-electron chi connectivity index (χ3n) is 15.2. The Morgan fingerprint density at radius 3 is 0.800 bits per heavy atom. The monoisotopic (exact) mass is 1250 g/mol. The average Bonchev–Trinajstić information content (AvgIpc) is 3.47. The minimum Gasteiger partial charge on any atom is -0.462 e. The van der Waals surface area contributed by atoms with Gasteiger partial charge in [0.05, 0.1) is 26.4 Å². The lowest BCUT2D eigenvalue weighted by Gasteiger charge is -2.21. The number of phosphoric ester groups is 2. The summed E-state index contributed by atoms with van der Waals surface area (Å²) in [5, 5.41) is 10.5. The second-order valence-corrected chi connectivity index (χ2v) is 27.7. The van der Waals surface area contributed by atoms with Crippen molar-refractivity contribution in [1.82, 2.24) is 0 Å². The van der Waals surface area contributed by atoms with Crippen molar-refractivity contribution in [3.05, 3.63) is 0 Å². The molecule has 2 unspecified atom stereocenters. The summed E-state index contributed by atoms with van der Waals surface area (Å²) in [6.45, 7) is 9.44. The van der Waals surface area contributed by atoms with Crippen molar-refractivity contribution in [2.24, 2.45) is 11.8 Å². The molecule has 0 fully saturated rings. The number of phosphoric acid groups is 2. The predicted molar refractivity (Wildman–Crippen MR) is 340 cm³/mol. The van der Waals surface area contributed by atoms with Gasteiger partial charge in [-0.25, -0.2) is 9.13 Å². The van der Waals surface area contributed by atoms with Gasteiger partial charge in [-0.2, -0.15) is 0 Å². The van der Waals surface area contributed by atoms with Crippen molar-refractivity contribution in [3.63, 3.8) is 0 Å². The number of rotatable bonds is 65. The Morgan fingerprint density at radius 2 is 0.541 bits per heavy atom. The second-order valence-electron chi connectivity index (χ2n) is 24.8. The van der Waals surface area contributed by atoms with Crippen LogP contribution in [0.15, 0.2) is 0 Å². The van der Waals surface area contributed by atoms with Crippen LogP contribution < -0.4 is 0 Å². The van der Waals surface area contributed by atoms with E-state index in [9.17, 15) is 43.2 Å². The first kappa shape index (κ1) is 83.1. The Morgan fingerprint density at radius 1 is 0.318 bits per heavy atom. The molecule has 504 valence electrons. The van der Waals surface area contributed by atoms with Crippen LogP contribution in [-0.4, -0.2) is 96.7 Å². The molecule has 0 spiro atoms. The number of hydrogen-bond acceptors (Lipinski definition) is 15. The van der Waals surface area contributed by atoms with E-state index in [1.54, 1.807) is 0 Å². The molecule has 0 aromatic rings. The first-order valence-corrected chi connectivity index (χ1v) is 37.5. The zero-order chi connectivity index (χ0) is 62.9. The van der Waals surface area contributed by atoms with E-state index in [2.05, 4.69) is 41.5 Å². The molecule has 0 bridgehead atoms. The number of aliphatic hydroxyl groups excluding tert-OH is 1. The van der Waals surface area contributed by atoms with Gasteiger partial charge in [0.25, 0.3) is 0 Å². The van der Waals surface area contributed by atoms with E-state index in [0.717, 1.165) is 102 Å². The first-order valence-electron chi connectivity index (χ1n) is 34.5. The van der Waals surface area contributed by atoms with Gasteiger partial charge in [-0.05, 0) is 37.5 Å². The van der Waals surface area contributed by atoms with Crippen LogP contribution in [0.5, 0.6) is 0 Å². The van der Waals surface area contributed by atoms with Gasteiger partial charge >= 0.3 is 39.5 Å². The Labute approximate surface area is 517 Å². The summed E-state index contributed by atoms with van der Waals surface area (Å²) in [5.41, 5.74) is 0. The smallest absolute Gasteiger partial charge is 0.462 e. The standard InChI is InChI=1S/C66H128O17P2/c1-7-9-11-13-15-17-21-25-31-37-43-49-64(69)77-55-61(82-65(70)50-44-38-32-26-23-20-18-19-22-24-28-34-40-46-58(3)4)56-80-84(72,73)78-52-60(67)53-79-85(74,75)81-57-62(54-76-63(68)48-42-36-30-16-14-12-10-8-2)83-66(71)51-45-39-33-27-29-35-41-47-59(5)6/h58-62,67H,7-57H2,1-6H3,(H,72,73)(H,74,75)/t60-,61-,62-/m1/s1. The molecule has 0 aliphatic rings. The minimum absolute atomic E-state index is 0.103. The van der Waals surface area contributed by atoms with Crippen LogP contribution in [0.25, 0.3) is 0 Å². The zero-order valence-electron chi connectivity index (χ0n) is 54.9. The van der Waals surface area contributed by atoms with Crippen molar-refractivity contribution in [3.8, 4) is 0 Å². The highest BCUT2D eigenvalue weighted by atomic mass is 31.2. The van der Waals surface area contributed by atoms with Crippen molar-refractivity contribution in [2.45, 2.75) is 349 Å². The van der Waals surface area contributed by atoms with Crippen molar-refractivity contribution in [2.75, 3.05) is 39.6 Å². The molecule has 0 heterocycles. The van der Waals surface area contributed by atoms with Crippen LogP contribution in [0.3, 0.4) is 0 Å². The molecule has 0 aliphatic carbocycles. The van der Waals surface area contributed by atoms with Gasteiger partial charge in [0.1, 0.15) is 19.3 Å². The van der Waals surface area contributed by atoms with Gasteiger partial charge < -0.3 is 33.8 Å². The van der Waals surface area contributed by atoms with Crippen LogP contribution in [0.2, 0.25) is 0 Å². The fraction of sp³-hybridized carbons (Fsp3) is 0.939. The highest BCUT2D eigenvalue weighted by Crippen LogP contribution is 2.45. The Kier molecular flexibility index (Phi) is 57.1. The summed E-state index contributed by atoms with van der Waals surface area (Å²) in [6, 6.07) is 0. The number of esters is 4.